The van der Waals surface area contributed by atoms with Crippen LogP contribution in [0.1, 0.15) is 49.3 Å². The molecular formula is C17H23NO2. The molecule has 108 valence electrons. The summed E-state index contributed by atoms with van der Waals surface area (Å²) in [4.78, 5) is 0. The van der Waals surface area contributed by atoms with Crippen LogP contribution in [0.3, 0.4) is 0 Å². The third-order valence-electron chi connectivity index (χ3n) is 5.01. The zero-order chi connectivity index (χ0) is 13.6. The lowest BCUT2D eigenvalue weighted by Gasteiger charge is -2.35. The summed E-state index contributed by atoms with van der Waals surface area (Å²) < 4.78 is 12.1. The summed E-state index contributed by atoms with van der Waals surface area (Å²) in [5, 5.41) is 3.71. The van der Waals surface area contributed by atoms with E-state index in [0.717, 1.165) is 56.9 Å². The number of rotatable bonds is 1. The molecule has 4 rings (SSSR count). The number of benzene rings is 1. The molecule has 0 spiro atoms. The predicted octanol–water partition coefficient (Wildman–Crippen LogP) is 2.94. The maximum Gasteiger partial charge on any atom is 0.128 e. The molecule has 1 unspecified atom stereocenters. The maximum atomic E-state index is 6.10. The second kappa shape index (κ2) is 4.66. The normalized spacial score (nSPS) is 28.2. The smallest absolute Gasteiger partial charge is 0.128 e. The Morgan fingerprint density at radius 2 is 1.95 bits per heavy atom. The van der Waals surface area contributed by atoms with Gasteiger partial charge in [0.15, 0.2) is 0 Å². The van der Waals surface area contributed by atoms with Crippen molar-refractivity contribution in [2.75, 3.05) is 19.8 Å². The summed E-state index contributed by atoms with van der Waals surface area (Å²) >= 11 is 0. The van der Waals surface area contributed by atoms with Crippen LogP contribution in [0, 0.1) is 0 Å². The molecule has 1 atom stereocenters. The third-order valence-corrected chi connectivity index (χ3v) is 5.01. The van der Waals surface area contributed by atoms with Crippen molar-refractivity contribution in [3.8, 4) is 11.5 Å². The lowest BCUT2D eigenvalue weighted by molar-refractivity contribution is 0.258. The zero-order valence-electron chi connectivity index (χ0n) is 12.3. The Morgan fingerprint density at radius 3 is 2.80 bits per heavy atom. The van der Waals surface area contributed by atoms with E-state index in [-0.39, 0.29) is 5.54 Å². The second-order valence-electron chi connectivity index (χ2n) is 6.48. The van der Waals surface area contributed by atoms with E-state index in [9.17, 15) is 0 Å². The van der Waals surface area contributed by atoms with Crippen molar-refractivity contribution in [1.29, 1.82) is 0 Å². The molecule has 0 aliphatic carbocycles. The fourth-order valence-corrected chi connectivity index (χ4v) is 4.02. The average Bonchev–Trinajstić information content (AvgIpc) is 2.92. The molecule has 0 saturated carbocycles. The number of hydrogen-bond donors (Lipinski definition) is 1. The second-order valence-corrected chi connectivity index (χ2v) is 6.48. The minimum absolute atomic E-state index is 0.0630. The van der Waals surface area contributed by atoms with E-state index in [0.29, 0.717) is 0 Å². The lowest BCUT2D eigenvalue weighted by Crippen LogP contribution is -2.36. The van der Waals surface area contributed by atoms with Crippen molar-refractivity contribution in [1.82, 2.24) is 5.32 Å². The summed E-state index contributed by atoms with van der Waals surface area (Å²) in [5.74, 6) is 2.28. The van der Waals surface area contributed by atoms with Gasteiger partial charge in [-0.2, -0.15) is 0 Å². The first-order valence-corrected chi connectivity index (χ1v) is 7.98. The van der Waals surface area contributed by atoms with Gasteiger partial charge < -0.3 is 14.8 Å². The van der Waals surface area contributed by atoms with Crippen LogP contribution in [0.5, 0.6) is 11.5 Å². The van der Waals surface area contributed by atoms with Gasteiger partial charge in [0.05, 0.1) is 13.2 Å². The number of ether oxygens (including phenoxy) is 2. The molecule has 20 heavy (non-hydrogen) atoms. The van der Waals surface area contributed by atoms with Crippen LogP contribution >= 0.6 is 0 Å². The first-order chi connectivity index (χ1) is 9.78. The molecule has 1 aromatic rings. The quantitative estimate of drug-likeness (QED) is 0.853. The fraction of sp³-hybridized carbons (Fsp3) is 0.647. The molecule has 3 heterocycles. The van der Waals surface area contributed by atoms with Crippen molar-refractivity contribution in [2.45, 2.75) is 51.0 Å². The molecule has 0 amide bonds. The summed E-state index contributed by atoms with van der Waals surface area (Å²) in [6.07, 6.45) is 6.92. The van der Waals surface area contributed by atoms with Gasteiger partial charge in [0.25, 0.3) is 0 Å². The van der Waals surface area contributed by atoms with E-state index < -0.39 is 0 Å². The van der Waals surface area contributed by atoms with Crippen molar-refractivity contribution >= 4 is 0 Å². The summed E-state index contributed by atoms with van der Waals surface area (Å²) in [7, 11) is 0. The Labute approximate surface area is 120 Å². The molecule has 3 aliphatic heterocycles. The Morgan fingerprint density at radius 1 is 1.10 bits per heavy atom. The Hall–Kier alpha value is -1.22. The molecule has 0 bridgehead atoms. The van der Waals surface area contributed by atoms with Crippen LogP contribution < -0.4 is 14.8 Å². The Kier molecular flexibility index (Phi) is 2.92. The van der Waals surface area contributed by atoms with Crippen LogP contribution in [-0.4, -0.2) is 19.8 Å². The Balaban J connectivity index is 1.93. The van der Waals surface area contributed by atoms with Crippen molar-refractivity contribution in [2.24, 2.45) is 0 Å². The van der Waals surface area contributed by atoms with Gasteiger partial charge in [-0.25, -0.2) is 0 Å². The topological polar surface area (TPSA) is 30.5 Å². The van der Waals surface area contributed by atoms with Gasteiger partial charge in [0.1, 0.15) is 11.5 Å². The molecular weight excluding hydrogens is 250 g/mol. The van der Waals surface area contributed by atoms with Gasteiger partial charge in [-0.1, -0.05) is 0 Å². The molecule has 1 fully saturated rings. The van der Waals surface area contributed by atoms with Gasteiger partial charge in [0, 0.05) is 16.7 Å². The highest BCUT2D eigenvalue weighted by atomic mass is 16.5. The van der Waals surface area contributed by atoms with Crippen molar-refractivity contribution in [3.63, 3.8) is 0 Å². The predicted molar refractivity (Wildman–Crippen MR) is 78.7 cm³/mol. The van der Waals surface area contributed by atoms with Crippen LogP contribution in [0.25, 0.3) is 0 Å². The number of nitrogens with one attached hydrogen (secondary N) is 1. The minimum atomic E-state index is 0.0630. The highest BCUT2D eigenvalue weighted by Crippen LogP contribution is 2.47. The highest BCUT2D eigenvalue weighted by molar-refractivity contribution is 5.58. The molecule has 3 heteroatoms. The van der Waals surface area contributed by atoms with E-state index in [1.807, 2.05) is 0 Å². The summed E-state index contributed by atoms with van der Waals surface area (Å²) in [6.45, 7) is 5.16. The Bertz CT molecular complexity index is 498. The van der Waals surface area contributed by atoms with E-state index in [1.54, 1.807) is 0 Å². The molecule has 1 aromatic carbocycles. The van der Waals surface area contributed by atoms with Gasteiger partial charge in [0.2, 0.25) is 0 Å². The van der Waals surface area contributed by atoms with E-state index in [2.05, 4.69) is 18.3 Å². The maximum absolute atomic E-state index is 6.10. The van der Waals surface area contributed by atoms with Crippen molar-refractivity contribution < 1.29 is 9.47 Å². The molecule has 3 nitrogen and oxygen atoms in total. The third kappa shape index (κ3) is 1.83. The van der Waals surface area contributed by atoms with Gasteiger partial charge >= 0.3 is 0 Å². The molecule has 0 aromatic heterocycles. The van der Waals surface area contributed by atoms with E-state index in [1.165, 1.54) is 29.5 Å². The van der Waals surface area contributed by atoms with Gasteiger partial charge in [-0.05, 0) is 63.6 Å². The summed E-state index contributed by atoms with van der Waals surface area (Å²) in [6, 6.07) is 2.24. The van der Waals surface area contributed by atoms with Crippen LogP contribution in [0.2, 0.25) is 0 Å². The minimum Gasteiger partial charge on any atom is -0.493 e. The number of aryl methyl sites for hydroxylation is 1. The number of hydrogen-bond acceptors (Lipinski definition) is 3. The molecule has 1 saturated heterocycles. The molecule has 3 aliphatic rings. The zero-order valence-corrected chi connectivity index (χ0v) is 12.3. The average molecular weight is 273 g/mol. The lowest BCUT2D eigenvalue weighted by atomic mass is 9.81. The molecule has 0 radical (unpaired) electrons. The van der Waals surface area contributed by atoms with Crippen molar-refractivity contribution in [3.05, 3.63) is 22.8 Å². The van der Waals surface area contributed by atoms with Gasteiger partial charge in [-0.3, -0.25) is 0 Å². The number of fused-ring (bicyclic) bond motifs is 2. The largest absolute Gasteiger partial charge is 0.493 e. The summed E-state index contributed by atoms with van der Waals surface area (Å²) in [5.41, 5.74) is 4.21. The van der Waals surface area contributed by atoms with Gasteiger partial charge in [-0.15, -0.1) is 0 Å². The van der Waals surface area contributed by atoms with Crippen LogP contribution in [-0.2, 0) is 18.4 Å². The SMILES string of the molecule is CC1(c2c3c(cc4c2OCCC4)OCCC3)CCCN1. The highest BCUT2D eigenvalue weighted by Gasteiger charge is 2.38. The standard InChI is InChI=1S/C17H23NO2/c1-17(7-4-8-18-17)15-13-6-3-9-19-14(13)11-12-5-2-10-20-16(12)15/h11,18H,2-10H2,1H3. The van der Waals surface area contributed by atoms with E-state index >= 15 is 0 Å². The fourth-order valence-electron chi connectivity index (χ4n) is 4.02. The van der Waals surface area contributed by atoms with Crippen LogP contribution in [0.4, 0.5) is 0 Å². The first kappa shape index (κ1) is 12.5. The van der Waals surface area contributed by atoms with Crippen LogP contribution in [0.15, 0.2) is 6.07 Å². The molecule has 1 N–H and O–H groups in total. The first-order valence-electron chi connectivity index (χ1n) is 7.98. The monoisotopic (exact) mass is 273 g/mol. The van der Waals surface area contributed by atoms with E-state index in [4.69, 9.17) is 9.47 Å².